The molecule has 5 nitrogen and oxygen atoms in total. The highest BCUT2D eigenvalue weighted by molar-refractivity contribution is 7.10. The molecule has 0 saturated carbocycles. The third kappa shape index (κ3) is 3.99. The first kappa shape index (κ1) is 19.0. The van der Waals surface area contributed by atoms with Crippen molar-refractivity contribution in [1.29, 1.82) is 0 Å². The van der Waals surface area contributed by atoms with Gasteiger partial charge in [-0.2, -0.15) is 4.98 Å². The lowest BCUT2D eigenvalue weighted by molar-refractivity contribution is 0.179. The van der Waals surface area contributed by atoms with Crippen molar-refractivity contribution in [2.45, 2.75) is 25.6 Å². The first-order chi connectivity index (χ1) is 14.8. The van der Waals surface area contributed by atoms with E-state index in [1.807, 2.05) is 17.4 Å². The molecule has 0 fully saturated rings. The van der Waals surface area contributed by atoms with Crippen molar-refractivity contribution < 1.29 is 13.7 Å². The van der Waals surface area contributed by atoms with E-state index < -0.39 is 0 Å². The average molecular weight is 421 g/mol. The maximum atomic E-state index is 13.0. The summed E-state index contributed by atoms with van der Waals surface area (Å²) in [6.45, 7) is 1.67. The van der Waals surface area contributed by atoms with E-state index in [-0.39, 0.29) is 18.5 Å². The van der Waals surface area contributed by atoms with E-state index in [0.29, 0.717) is 24.0 Å². The minimum atomic E-state index is -0.299. The van der Waals surface area contributed by atoms with E-state index >= 15 is 0 Å². The van der Waals surface area contributed by atoms with Crippen molar-refractivity contribution in [1.82, 2.24) is 15.0 Å². The number of hydrogen-bond acceptors (Lipinski definition) is 6. The van der Waals surface area contributed by atoms with Crippen molar-refractivity contribution in [2.24, 2.45) is 0 Å². The Kier molecular flexibility index (Phi) is 5.29. The third-order valence-corrected chi connectivity index (χ3v) is 6.21. The van der Waals surface area contributed by atoms with Crippen molar-refractivity contribution in [3.05, 3.63) is 99.6 Å². The van der Waals surface area contributed by atoms with Crippen molar-refractivity contribution >= 4 is 11.3 Å². The van der Waals surface area contributed by atoms with Gasteiger partial charge in [0.1, 0.15) is 11.6 Å². The number of thiophene rings is 1. The zero-order chi connectivity index (χ0) is 20.3. The summed E-state index contributed by atoms with van der Waals surface area (Å²) in [6.07, 6.45) is 1.02. The topological polar surface area (TPSA) is 51.4 Å². The van der Waals surface area contributed by atoms with Gasteiger partial charge in [-0.15, -0.1) is 11.3 Å². The van der Waals surface area contributed by atoms with Gasteiger partial charge in [0, 0.05) is 11.4 Å². The van der Waals surface area contributed by atoms with Crippen LogP contribution in [0.5, 0.6) is 5.75 Å². The molecule has 0 spiro atoms. The summed E-state index contributed by atoms with van der Waals surface area (Å²) in [5.41, 5.74) is 2.62. The predicted octanol–water partition coefficient (Wildman–Crippen LogP) is 5.00. The Balaban J connectivity index is 1.31. The van der Waals surface area contributed by atoms with Crippen LogP contribution in [0.15, 0.2) is 70.6 Å². The van der Waals surface area contributed by atoms with Crippen LogP contribution in [-0.2, 0) is 19.6 Å². The molecular weight excluding hydrogens is 401 g/mol. The molecule has 1 aliphatic rings. The van der Waals surface area contributed by atoms with Crippen molar-refractivity contribution in [2.75, 3.05) is 6.54 Å². The van der Waals surface area contributed by atoms with Gasteiger partial charge in [0.05, 0.1) is 12.6 Å². The lowest BCUT2D eigenvalue weighted by atomic mass is 9.93. The molecule has 0 amide bonds. The second-order valence-corrected chi connectivity index (χ2v) is 8.18. The molecular formula is C23H20FN3O2S. The number of nitrogens with zero attached hydrogens (tertiary/aromatic N) is 3. The van der Waals surface area contributed by atoms with Crippen LogP contribution in [-0.4, -0.2) is 21.6 Å². The Morgan fingerprint density at radius 3 is 2.77 bits per heavy atom. The van der Waals surface area contributed by atoms with E-state index in [1.54, 1.807) is 12.1 Å². The van der Waals surface area contributed by atoms with Gasteiger partial charge in [0.25, 0.3) is 0 Å². The fourth-order valence-electron chi connectivity index (χ4n) is 3.83. The minimum Gasteiger partial charge on any atom is -0.485 e. The first-order valence-electron chi connectivity index (χ1n) is 9.81. The van der Waals surface area contributed by atoms with E-state index in [2.05, 4.69) is 50.8 Å². The Labute approximate surface area is 177 Å². The maximum Gasteiger partial charge on any atom is 0.240 e. The zero-order valence-corrected chi connectivity index (χ0v) is 17.0. The van der Waals surface area contributed by atoms with Crippen molar-refractivity contribution in [3.63, 3.8) is 0 Å². The summed E-state index contributed by atoms with van der Waals surface area (Å²) in [4.78, 5) is 8.31. The summed E-state index contributed by atoms with van der Waals surface area (Å²) in [5, 5.41) is 6.20. The molecule has 30 heavy (non-hydrogen) atoms. The van der Waals surface area contributed by atoms with E-state index in [9.17, 15) is 4.39 Å². The largest absolute Gasteiger partial charge is 0.485 e. The summed E-state index contributed by atoms with van der Waals surface area (Å²) in [7, 11) is 0. The van der Waals surface area contributed by atoms with Crippen LogP contribution in [0.2, 0.25) is 0 Å². The standard InChI is InChI=1S/C23H20FN3O2S/c24-17-6-8-18(9-7-17)28-15-21-25-22(29-26-21)14-27-12-10-20-19(11-13-30-20)23(27)16-4-2-1-3-5-16/h1-9,11,13,23H,10,12,14-15H2. The van der Waals surface area contributed by atoms with Crippen LogP contribution >= 0.6 is 11.3 Å². The molecule has 2 aromatic heterocycles. The van der Waals surface area contributed by atoms with E-state index in [0.717, 1.165) is 13.0 Å². The number of aromatic nitrogens is 2. The predicted molar refractivity (Wildman–Crippen MR) is 112 cm³/mol. The van der Waals surface area contributed by atoms with Gasteiger partial charge >= 0.3 is 0 Å². The Morgan fingerprint density at radius 1 is 1.10 bits per heavy atom. The molecule has 152 valence electrons. The molecule has 0 aliphatic carbocycles. The molecule has 1 aliphatic heterocycles. The smallest absolute Gasteiger partial charge is 0.240 e. The van der Waals surface area contributed by atoms with Gasteiger partial charge < -0.3 is 9.26 Å². The molecule has 1 unspecified atom stereocenters. The molecule has 7 heteroatoms. The lowest BCUT2D eigenvalue weighted by Crippen LogP contribution is -2.35. The summed E-state index contributed by atoms with van der Waals surface area (Å²) in [6, 6.07) is 18.8. The summed E-state index contributed by atoms with van der Waals surface area (Å²) < 4.78 is 24.1. The SMILES string of the molecule is Fc1ccc(OCc2noc(CN3CCc4sccc4C3c3ccccc3)n2)cc1. The van der Waals surface area contributed by atoms with Crippen LogP contribution in [0.25, 0.3) is 0 Å². The number of benzene rings is 2. The minimum absolute atomic E-state index is 0.173. The quantitative estimate of drug-likeness (QED) is 0.439. The van der Waals surface area contributed by atoms with Crippen molar-refractivity contribution in [3.8, 4) is 5.75 Å². The highest BCUT2D eigenvalue weighted by atomic mass is 32.1. The fourth-order valence-corrected chi connectivity index (χ4v) is 4.73. The molecule has 0 radical (unpaired) electrons. The number of halogens is 1. The summed E-state index contributed by atoms with van der Waals surface area (Å²) >= 11 is 1.82. The Hall–Kier alpha value is -3.03. The monoisotopic (exact) mass is 421 g/mol. The van der Waals surface area contributed by atoms with Gasteiger partial charge in [-0.1, -0.05) is 35.5 Å². The van der Waals surface area contributed by atoms with E-state index in [1.165, 1.54) is 28.1 Å². The molecule has 2 aromatic carbocycles. The molecule has 5 rings (SSSR count). The molecule has 3 heterocycles. The highest BCUT2D eigenvalue weighted by Gasteiger charge is 2.30. The van der Waals surface area contributed by atoms with Gasteiger partial charge in [-0.25, -0.2) is 4.39 Å². The molecule has 1 atom stereocenters. The molecule has 0 saturated heterocycles. The van der Waals surface area contributed by atoms with Gasteiger partial charge in [0.15, 0.2) is 6.61 Å². The number of hydrogen-bond donors (Lipinski definition) is 0. The fraction of sp³-hybridized carbons (Fsp3) is 0.217. The van der Waals surface area contributed by atoms with E-state index in [4.69, 9.17) is 9.26 Å². The summed E-state index contributed by atoms with van der Waals surface area (Å²) in [5.74, 6) is 1.30. The second kappa shape index (κ2) is 8.38. The van der Waals surface area contributed by atoms with Crippen LogP contribution in [0, 0.1) is 5.82 Å². The Bertz CT molecular complexity index is 1110. The normalized spacial score (nSPS) is 16.4. The van der Waals surface area contributed by atoms with Gasteiger partial charge in [-0.05, 0) is 53.3 Å². The first-order valence-corrected chi connectivity index (χ1v) is 10.7. The van der Waals surface area contributed by atoms with Crippen LogP contribution in [0.3, 0.4) is 0 Å². The van der Waals surface area contributed by atoms with Gasteiger partial charge in [-0.3, -0.25) is 4.90 Å². The highest BCUT2D eigenvalue weighted by Crippen LogP contribution is 2.38. The third-order valence-electron chi connectivity index (χ3n) is 5.21. The maximum absolute atomic E-state index is 13.0. The zero-order valence-electron chi connectivity index (χ0n) is 16.2. The lowest BCUT2D eigenvalue weighted by Gasteiger charge is -2.35. The Morgan fingerprint density at radius 2 is 1.93 bits per heavy atom. The van der Waals surface area contributed by atoms with Gasteiger partial charge in [0.2, 0.25) is 11.7 Å². The number of fused-ring (bicyclic) bond motifs is 1. The number of ether oxygens (including phenoxy) is 1. The van der Waals surface area contributed by atoms with Crippen LogP contribution < -0.4 is 4.74 Å². The molecule has 4 aromatic rings. The average Bonchev–Trinajstić information content (AvgIpc) is 3.43. The number of rotatable bonds is 6. The van der Waals surface area contributed by atoms with Crippen LogP contribution in [0.4, 0.5) is 4.39 Å². The molecule has 0 bridgehead atoms. The van der Waals surface area contributed by atoms with Crippen LogP contribution in [0.1, 0.15) is 33.8 Å². The molecule has 0 N–H and O–H groups in total. The second-order valence-electron chi connectivity index (χ2n) is 7.18.